The molecule has 13 heavy (non-hydrogen) atoms. The summed E-state index contributed by atoms with van der Waals surface area (Å²) in [5, 5.41) is 7.63. The molecule has 0 atom stereocenters. The molecule has 0 aliphatic heterocycles. The van der Waals surface area contributed by atoms with Gasteiger partial charge in [-0.05, 0) is 27.7 Å². The van der Waals surface area contributed by atoms with Gasteiger partial charge in [0.05, 0.1) is 6.20 Å². The zero-order chi connectivity index (χ0) is 9.90. The zero-order valence-corrected chi connectivity index (χ0v) is 8.96. The molecule has 1 rings (SSSR count). The Morgan fingerprint density at radius 1 is 1.46 bits per heavy atom. The van der Waals surface area contributed by atoms with Crippen LogP contribution < -0.4 is 5.32 Å². The van der Waals surface area contributed by atoms with Crippen LogP contribution in [0.1, 0.15) is 33.3 Å². The van der Waals surface area contributed by atoms with E-state index in [1.165, 1.54) is 5.56 Å². The van der Waals surface area contributed by atoms with Crippen molar-refractivity contribution in [3.05, 3.63) is 18.0 Å². The largest absolute Gasteiger partial charge is 0.308 e. The number of nitrogens with one attached hydrogen (secondary N) is 1. The van der Waals surface area contributed by atoms with Crippen molar-refractivity contribution < 1.29 is 0 Å². The van der Waals surface area contributed by atoms with Crippen LogP contribution in [-0.2, 0) is 13.1 Å². The molecular weight excluding hydrogens is 162 g/mol. The minimum atomic E-state index is 0.175. The number of aromatic nitrogens is 2. The van der Waals surface area contributed by atoms with Gasteiger partial charge in [0.2, 0.25) is 0 Å². The Bertz CT molecular complexity index is 257. The van der Waals surface area contributed by atoms with Gasteiger partial charge < -0.3 is 5.32 Å². The summed E-state index contributed by atoms with van der Waals surface area (Å²) in [5.74, 6) is 0. The fourth-order valence-corrected chi connectivity index (χ4v) is 1.04. The Morgan fingerprint density at radius 2 is 2.15 bits per heavy atom. The average molecular weight is 181 g/mol. The monoisotopic (exact) mass is 181 g/mol. The van der Waals surface area contributed by atoms with E-state index in [9.17, 15) is 0 Å². The molecular formula is C10H19N3. The predicted molar refractivity (Wildman–Crippen MR) is 54.5 cm³/mol. The van der Waals surface area contributed by atoms with E-state index in [4.69, 9.17) is 0 Å². The van der Waals surface area contributed by atoms with E-state index >= 15 is 0 Å². The summed E-state index contributed by atoms with van der Waals surface area (Å²) in [4.78, 5) is 0. The van der Waals surface area contributed by atoms with Crippen molar-refractivity contribution in [2.24, 2.45) is 0 Å². The summed E-state index contributed by atoms with van der Waals surface area (Å²) in [6.45, 7) is 10.4. The van der Waals surface area contributed by atoms with Gasteiger partial charge in [0, 0.05) is 30.4 Å². The molecule has 0 saturated carbocycles. The molecule has 1 aromatic rings. The van der Waals surface area contributed by atoms with Crippen LogP contribution in [-0.4, -0.2) is 15.3 Å². The quantitative estimate of drug-likeness (QED) is 0.770. The van der Waals surface area contributed by atoms with E-state index < -0.39 is 0 Å². The van der Waals surface area contributed by atoms with Crippen molar-refractivity contribution in [1.29, 1.82) is 0 Å². The maximum Gasteiger partial charge on any atom is 0.0534 e. The predicted octanol–water partition coefficient (Wildman–Crippen LogP) is 1.79. The van der Waals surface area contributed by atoms with Gasteiger partial charge in [-0.15, -0.1) is 0 Å². The summed E-state index contributed by atoms with van der Waals surface area (Å²) in [6, 6.07) is 0. The smallest absolute Gasteiger partial charge is 0.0534 e. The number of hydrogen-bond donors (Lipinski definition) is 1. The van der Waals surface area contributed by atoms with Crippen molar-refractivity contribution in [1.82, 2.24) is 15.1 Å². The van der Waals surface area contributed by atoms with Gasteiger partial charge >= 0.3 is 0 Å². The van der Waals surface area contributed by atoms with Crippen molar-refractivity contribution in [3.8, 4) is 0 Å². The molecule has 0 aliphatic rings. The molecule has 0 aromatic carbocycles. The van der Waals surface area contributed by atoms with Crippen LogP contribution in [0, 0.1) is 0 Å². The third-order valence-electron chi connectivity index (χ3n) is 1.83. The number of rotatable bonds is 3. The normalized spacial score (nSPS) is 12.0. The van der Waals surface area contributed by atoms with Crippen LogP contribution in [0.4, 0.5) is 0 Å². The van der Waals surface area contributed by atoms with Crippen LogP contribution in [0.5, 0.6) is 0 Å². The summed E-state index contributed by atoms with van der Waals surface area (Å²) in [6.07, 6.45) is 4.00. The van der Waals surface area contributed by atoms with Crippen LogP contribution in [0.15, 0.2) is 12.4 Å². The van der Waals surface area contributed by atoms with Crippen molar-refractivity contribution in [2.75, 3.05) is 0 Å². The highest BCUT2D eigenvalue weighted by molar-refractivity contribution is 5.03. The van der Waals surface area contributed by atoms with E-state index in [1.807, 2.05) is 10.9 Å². The standard InChI is InChI=1S/C10H19N3/c1-5-13-8-9(7-12-13)6-11-10(2,3)4/h7-8,11H,5-6H2,1-4H3. The topological polar surface area (TPSA) is 29.9 Å². The molecule has 0 amide bonds. The minimum Gasteiger partial charge on any atom is -0.308 e. The SMILES string of the molecule is CCn1cc(CNC(C)(C)C)cn1. The molecule has 0 radical (unpaired) electrons. The van der Waals surface area contributed by atoms with E-state index in [2.05, 4.69) is 44.3 Å². The first-order chi connectivity index (χ1) is 6.01. The molecule has 1 N–H and O–H groups in total. The molecule has 0 fully saturated rings. The highest BCUT2D eigenvalue weighted by Crippen LogP contribution is 2.03. The van der Waals surface area contributed by atoms with Crippen molar-refractivity contribution in [2.45, 2.75) is 46.3 Å². The van der Waals surface area contributed by atoms with Crippen LogP contribution in [0.2, 0.25) is 0 Å². The van der Waals surface area contributed by atoms with Gasteiger partial charge in [-0.3, -0.25) is 4.68 Å². The highest BCUT2D eigenvalue weighted by Gasteiger charge is 2.08. The molecule has 3 nitrogen and oxygen atoms in total. The zero-order valence-electron chi connectivity index (χ0n) is 8.96. The second-order valence-electron chi connectivity index (χ2n) is 4.31. The summed E-state index contributed by atoms with van der Waals surface area (Å²) < 4.78 is 1.94. The molecule has 1 heterocycles. The first kappa shape index (κ1) is 10.3. The fourth-order valence-electron chi connectivity index (χ4n) is 1.04. The van der Waals surface area contributed by atoms with Gasteiger partial charge in [-0.1, -0.05) is 0 Å². The molecule has 0 spiro atoms. The van der Waals surface area contributed by atoms with Crippen molar-refractivity contribution in [3.63, 3.8) is 0 Å². The van der Waals surface area contributed by atoms with E-state index in [0.717, 1.165) is 13.1 Å². The Labute approximate surface area is 80.1 Å². The van der Waals surface area contributed by atoms with Gasteiger partial charge in [-0.2, -0.15) is 5.10 Å². The third-order valence-corrected chi connectivity index (χ3v) is 1.83. The molecule has 0 bridgehead atoms. The lowest BCUT2D eigenvalue weighted by Crippen LogP contribution is -2.34. The Morgan fingerprint density at radius 3 is 2.62 bits per heavy atom. The number of aryl methyl sites for hydroxylation is 1. The Hall–Kier alpha value is -0.830. The second-order valence-corrected chi connectivity index (χ2v) is 4.31. The van der Waals surface area contributed by atoms with Gasteiger partial charge in [0.1, 0.15) is 0 Å². The highest BCUT2D eigenvalue weighted by atomic mass is 15.3. The van der Waals surface area contributed by atoms with Gasteiger partial charge in [0.25, 0.3) is 0 Å². The minimum absolute atomic E-state index is 0.175. The molecule has 74 valence electrons. The molecule has 0 aliphatic carbocycles. The van der Waals surface area contributed by atoms with Crippen LogP contribution in [0.25, 0.3) is 0 Å². The number of nitrogens with zero attached hydrogens (tertiary/aromatic N) is 2. The Balaban J connectivity index is 2.46. The summed E-state index contributed by atoms with van der Waals surface area (Å²) in [7, 11) is 0. The lowest BCUT2D eigenvalue weighted by molar-refractivity contribution is 0.424. The second kappa shape index (κ2) is 3.92. The maximum atomic E-state index is 4.21. The van der Waals surface area contributed by atoms with Crippen LogP contribution in [0.3, 0.4) is 0 Å². The van der Waals surface area contributed by atoms with Gasteiger partial charge in [-0.25, -0.2) is 0 Å². The molecule has 1 aromatic heterocycles. The molecule has 3 heteroatoms. The van der Waals surface area contributed by atoms with Crippen molar-refractivity contribution >= 4 is 0 Å². The van der Waals surface area contributed by atoms with Gasteiger partial charge in [0.15, 0.2) is 0 Å². The third kappa shape index (κ3) is 3.59. The number of hydrogen-bond acceptors (Lipinski definition) is 2. The maximum absolute atomic E-state index is 4.21. The van der Waals surface area contributed by atoms with E-state index in [1.54, 1.807) is 0 Å². The first-order valence-corrected chi connectivity index (χ1v) is 4.77. The Kier molecular flexibility index (Phi) is 3.09. The molecule has 0 saturated heterocycles. The van der Waals surface area contributed by atoms with Crippen LogP contribution >= 0.6 is 0 Å². The lowest BCUT2D eigenvalue weighted by atomic mass is 10.1. The first-order valence-electron chi connectivity index (χ1n) is 4.77. The average Bonchev–Trinajstić information content (AvgIpc) is 2.47. The summed E-state index contributed by atoms with van der Waals surface area (Å²) in [5.41, 5.74) is 1.42. The summed E-state index contributed by atoms with van der Waals surface area (Å²) >= 11 is 0. The molecule has 0 unspecified atom stereocenters. The lowest BCUT2D eigenvalue weighted by Gasteiger charge is -2.19. The van der Waals surface area contributed by atoms with E-state index in [0.29, 0.717) is 0 Å². The fraction of sp³-hybridized carbons (Fsp3) is 0.700. The van der Waals surface area contributed by atoms with E-state index in [-0.39, 0.29) is 5.54 Å².